The van der Waals surface area contributed by atoms with Gasteiger partial charge in [0.05, 0.1) is 0 Å². The zero-order chi connectivity index (χ0) is 16.3. The Bertz CT molecular complexity index is 539. The van der Waals surface area contributed by atoms with Crippen molar-refractivity contribution < 1.29 is 0 Å². The standard InChI is InChI=1S/C17H22N2S4/c1-3-8-15(21-23-17-10-5-7-12-19-17)13-14(2)20-22-16-9-4-6-11-18-16/h4-7,9-12,14-15H,3,8,13H2,1-2H3. The summed E-state index contributed by atoms with van der Waals surface area (Å²) >= 11 is 0. The monoisotopic (exact) mass is 382 g/mol. The molecule has 0 aliphatic carbocycles. The summed E-state index contributed by atoms with van der Waals surface area (Å²) in [6, 6.07) is 12.2. The van der Waals surface area contributed by atoms with Gasteiger partial charge in [0.15, 0.2) is 0 Å². The second-order valence-corrected chi connectivity index (χ2v) is 10.3. The molecule has 0 spiro atoms. The first-order valence-corrected chi connectivity index (χ1v) is 12.2. The highest BCUT2D eigenvalue weighted by atomic mass is 33.1. The first kappa shape index (κ1) is 19.0. The zero-order valence-corrected chi connectivity index (χ0v) is 16.7. The maximum absolute atomic E-state index is 4.39. The number of hydrogen-bond acceptors (Lipinski definition) is 6. The van der Waals surface area contributed by atoms with E-state index in [0.717, 1.165) is 10.1 Å². The molecule has 124 valence electrons. The molecular formula is C17H22N2S4. The molecule has 0 radical (unpaired) electrons. The van der Waals surface area contributed by atoms with Gasteiger partial charge in [-0.3, -0.25) is 0 Å². The van der Waals surface area contributed by atoms with Crippen molar-refractivity contribution in [1.82, 2.24) is 9.97 Å². The summed E-state index contributed by atoms with van der Waals surface area (Å²) in [5.74, 6) is 0. The van der Waals surface area contributed by atoms with E-state index in [4.69, 9.17) is 0 Å². The molecule has 2 atom stereocenters. The van der Waals surface area contributed by atoms with E-state index in [0.29, 0.717) is 10.5 Å². The summed E-state index contributed by atoms with van der Waals surface area (Å²) in [6.07, 6.45) is 7.41. The van der Waals surface area contributed by atoms with Gasteiger partial charge in [-0.1, -0.05) is 54.0 Å². The molecule has 2 unspecified atom stereocenters. The van der Waals surface area contributed by atoms with E-state index < -0.39 is 0 Å². The Morgan fingerprint density at radius 3 is 2.04 bits per heavy atom. The van der Waals surface area contributed by atoms with Gasteiger partial charge in [-0.05, 0) is 58.7 Å². The van der Waals surface area contributed by atoms with Crippen molar-refractivity contribution in [2.45, 2.75) is 53.7 Å². The first-order valence-electron chi connectivity index (χ1n) is 7.76. The van der Waals surface area contributed by atoms with Crippen LogP contribution in [0.15, 0.2) is 58.8 Å². The van der Waals surface area contributed by atoms with Crippen LogP contribution < -0.4 is 0 Å². The third-order valence-corrected chi connectivity index (χ3v) is 8.69. The Labute approximate surface area is 155 Å². The lowest BCUT2D eigenvalue weighted by atomic mass is 10.1. The second kappa shape index (κ2) is 11.3. The van der Waals surface area contributed by atoms with Crippen molar-refractivity contribution in [2.75, 3.05) is 0 Å². The number of pyridine rings is 2. The Kier molecular flexibility index (Phi) is 9.34. The largest absolute Gasteiger partial charge is 0.249 e. The minimum absolute atomic E-state index is 0.607. The lowest BCUT2D eigenvalue weighted by Crippen LogP contribution is -2.08. The van der Waals surface area contributed by atoms with E-state index >= 15 is 0 Å². The summed E-state index contributed by atoms with van der Waals surface area (Å²) in [5.41, 5.74) is 0. The van der Waals surface area contributed by atoms with Crippen LogP contribution in [0.1, 0.15) is 33.1 Å². The minimum atomic E-state index is 0.607. The average molecular weight is 383 g/mol. The fourth-order valence-electron chi connectivity index (χ4n) is 1.98. The van der Waals surface area contributed by atoms with Gasteiger partial charge in [0.1, 0.15) is 10.1 Å². The van der Waals surface area contributed by atoms with Crippen LogP contribution in [0.2, 0.25) is 0 Å². The van der Waals surface area contributed by atoms with E-state index in [-0.39, 0.29) is 0 Å². The van der Waals surface area contributed by atoms with Gasteiger partial charge < -0.3 is 0 Å². The highest BCUT2D eigenvalue weighted by molar-refractivity contribution is 8.77. The van der Waals surface area contributed by atoms with Crippen molar-refractivity contribution in [3.8, 4) is 0 Å². The van der Waals surface area contributed by atoms with Crippen molar-refractivity contribution in [2.24, 2.45) is 0 Å². The van der Waals surface area contributed by atoms with E-state index in [2.05, 4.69) is 35.9 Å². The van der Waals surface area contributed by atoms with Crippen molar-refractivity contribution in [3.05, 3.63) is 48.8 Å². The van der Waals surface area contributed by atoms with Crippen molar-refractivity contribution in [3.63, 3.8) is 0 Å². The van der Waals surface area contributed by atoms with Crippen LogP contribution in [0.4, 0.5) is 0 Å². The number of hydrogen-bond donors (Lipinski definition) is 0. The molecule has 0 aliphatic heterocycles. The molecule has 2 aromatic heterocycles. The molecule has 23 heavy (non-hydrogen) atoms. The maximum Gasteiger partial charge on any atom is 0.106 e. The predicted molar refractivity (Wildman–Crippen MR) is 108 cm³/mol. The minimum Gasteiger partial charge on any atom is -0.249 e. The summed E-state index contributed by atoms with van der Waals surface area (Å²) in [5, 5.41) is 3.46. The van der Waals surface area contributed by atoms with Gasteiger partial charge in [0, 0.05) is 22.9 Å². The predicted octanol–water partition coefficient (Wildman–Crippen LogP) is 6.60. The van der Waals surface area contributed by atoms with E-state index in [1.165, 1.54) is 19.3 Å². The molecule has 0 aromatic carbocycles. The van der Waals surface area contributed by atoms with Crippen LogP contribution in [0.5, 0.6) is 0 Å². The topological polar surface area (TPSA) is 25.8 Å². The third kappa shape index (κ3) is 7.88. The van der Waals surface area contributed by atoms with E-state index in [1.54, 1.807) is 21.6 Å². The average Bonchev–Trinajstić information content (AvgIpc) is 2.60. The molecule has 2 aromatic rings. The first-order chi connectivity index (χ1) is 11.3. The quantitative estimate of drug-likeness (QED) is 0.429. The Hall–Kier alpha value is -0.300. The molecule has 2 rings (SSSR count). The van der Waals surface area contributed by atoms with Gasteiger partial charge in [-0.25, -0.2) is 9.97 Å². The van der Waals surface area contributed by atoms with Crippen LogP contribution in [-0.4, -0.2) is 20.5 Å². The van der Waals surface area contributed by atoms with Gasteiger partial charge in [0.2, 0.25) is 0 Å². The maximum atomic E-state index is 4.39. The summed E-state index contributed by atoms with van der Waals surface area (Å²) in [6.45, 7) is 4.58. The van der Waals surface area contributed by atoms with Gasteiger partial charge >= 0.3 is 0 Å². The van der Waals surface area contributed by atoms with E-state index in [1.807, 2.05) is 58.2 Å². The molecule has 6 heteroatoms. The number of aromatic nitrogens is 2. The normalized spacial score (nSPS) is 13.7. The summed E-state index contributed by atoms with van der Waals surface area (Å²) in [4.78, 5) is 8.76. The molecular weight excluding hydrogens is 360 g/mol. The van der Waals surface area contributed by atoms with Crippen LogP contribution in [0.3, 0.4) is 0 Å². The Balaban J connectivity index is 1.76. The zero-order valence-electron chi connectivity index (χ0n) is 13.4. The Morgan fingerprint density at radius 1 is 0.913 bits per heavy atom. The van der Waals surface area contributed by atoms with Crippen molar-refractivity contribution in [1.29, 1.82) is 0 Å². The highest BCUT2D eigenvalue weighted by Gasteiger charge is 2.15. The van der Waals surface area contributed by atoms with Gasteiger partial charge in [-0.15, -0.1) is 0 Å². The molecule has 0 saturated carbocycles. The second-order valence-electron chi connectivity index (χ2n) is 5.15. The molecule has 0 N–H and O–H groups in total. The molecule has 0 saturated heterocycles. The fraction of sp³-hybridized carbons (Fsp3) is 0.412. The highest BCUT2D eigenvalue weighted by Crippen LogP contribution is 2.41. The van der Waals surface area contributed by atoms with Gasteiger partial charge in [-0.2, -0.15) is 0 Å². The van der Waals surface area contributed by atoms with Crippen molar-refractivity contribution >= 4 is 43.2 Å². The molecule has 0 amide bonds. The third-order valence-electron chi connectivity index (χ3n) is 3.05. The summed E-state index contributed by atoms with van der Waals surface area (Å²) < 4.78 is 0. The molecule has 2 nitrogen and oxygen atoms in total. The number of nitrogens with zero attached hydrogens (tertiary/aromatic N) is 2. The SMILES string of the molecule is CCCC(CC(C)SSc1ccccn1)SSc1ccccn1. The van der Waals surface area contributed by atoms with Crippen LogP contribution in [0.25, 0.3) is 0 Å². The van der Waals surface area contributed by atoms with Crippen LogP contribution in [0, 0.1) is 0 Å². The molecule has 0 fully saturated rings. The molecule has 2 heterocycles. The lowest BCUT2D eigenvalue weighted by molar-refractivity contribution is 0.685. The fourth-order valence-corrected chi connectivity index (χ4v) is 6.93. The smallest absolute Gasteiger partial charge is 0.106 e. The molecule has 0 bridgehead atoms. The number of rotatable bonds is 10. The lowest BCUT2D eigenvalue weighted by Gasteiger charge is -2.18. The van der Waals surface area contributed by atoms with Gasteiger partial charge in [0.25, 0.3) is 0 Å². The Morgan fingerprint density at radius 2 is 1.52 bits per heavy atom. The van der Waals surface area contributed by atoms with Crippen LogP contribution in [-0.2, 0) is 0 Å². The van der Waals surface area contributed by atoms with Crippen LogP contribution >= 0.6 is 43.2 Å². The van der Waals surface area contributed by atoms with E-state index in [9.17, 15) is 0 Å². The molecule has 0 aliphatic rings. The summed E-state index contributed by atoms with van der Waals surface area (Å²) in [7, 11) is 7.47.